The van der Waals surface area contributed by atoms with Gasteiger partial charge in [0.1, 0.15) is 4.60 Å². The van der Waals surface area contributed by atoms with Gasteiger partial charge in [-0.2, -0.15) is 0 Å². The first kappa shape index (κ1) is 24.5. The third-order valence-electron chi connectivity index (χ3n) is 0.690. The van der Waals surface area contributed by atoms with Crippen LogP contribution in [-0.4, -0.2) is 68.1 Å². The SMILES string of the molecule is Brc1ccccn1.O=[P+]([O-])O[O-].[K+].[K][K]. The quantitative estimate of drug-likeness (QED) is 0.168. The van der Waals surface area contributed by atoms with Gasteiger partial charge in [0.25, 0.3) is 0 Å². The van der Waals surface area contributed by atoms with Crippen molar-refractivity contribution < 1.29 is 70.8 Å². The van der Waals surface area contributed by atoms with Crippen LogP contribution in [0.3, 0.4) is 0 Å². The van der Waals surface area contributed by atoms with Crippen molar-refractivity contribution in [1.29, 1.82) is 0 Å². The summed E-state index contributed by atoms with van der Waals surface area (Å²) in [6, 6.07) is 5.70. The van der Waals surface area contributed by atoms with Crippen molar-refractivity contribution in [2.75, 3.05) is 0 Å². The van der Waals surface area contributed by atoms with Crippen LogP contribution in [0.2, 0.25) is 0 Å². The van der Waals surface area contributed by atoms with E-state index < -0.39 is 8.25 Å². The van der Waals surface area contributed by atoms with Crippen molar-refractivity contribution in [3.63, 3.8) is 0 Å². The van der Waals surface area contributed by atoms with Crippen LogP contribution >= 0.6 is 24.2 Å². The molecule has 0 saturated carbocycles. The Morgan fingerprint density at radius 1 is 1.47 bits per heavy atom. The Kier molecular flexibility index (Phi) is 34.1. The topological polar surface area (TPSA) is 85.3 Å². The van der Waals surface area contributed by atoms with Crippen LogP contribution in [0.5, 0.6) is 0 Å². The second-order valence-electron chi connectivity index (χ2n) is 1.45. The molecule has 1 heterocycles. The molecule has 0 spiro atoms. The van der Waals surface area contributed by atoms with E-state index in [2.05, 4.69) is 25.6 Å². The van der Waals surface area contributed by atoms with E-state index in [0.29, 0.717) is 0 Å². The molecule has 10 heteroatoms. The monoisotopic (exact) mass is 369 g/mol. The molecule has 5 nitrogen and oxygen atoms in total. The number of nitrogens with zero attached hydrogens (tertiary/aromatic N) is 1. The molecule has 68 valence electrons. The fourth-order valence-corrected chi connectivity index (χ4v) is 0.613. The minimum atomic E-state index is -3.15. The molecule has 1 aromatic heterocycles. The third kappa shape index (κ3) is 24.0. The molecule has 0 amide bonds. The minimum absolute atomic E-state index is 0. The predicted molar refractivity (Wildman–Crippen MR) is 52.1 cm³/mol. The Bertz CT molecular complexity index is 243. The van der Waals surface area contributed by atoms with Crippen molar-refractivity contribution in [2.45, 2.75) is 0 Å². The maximum absolute atomic E-state index is 8.87. The first-order valence-corrected chi connectivity index (χ1v) is 21.6. The van der Waals surface area contributed by atoms with Crippen molar-refractivity contribution >= 4 is 87.3 Å². The first-order valence-electron chi connectivity index (χ1n) is 3.67. The molecule has 1 atom stereocenters. The standard InChI is InChI=1S/C5H4BrN.3K.HO4P/c6-5-3-1-2-4-7-5;;;;1-4-5(2)3/h1-4H;;;;1H/q;;;+1;/p-1. The van der Waals surface area contributed by atoms with Gasteiger partial charge in [-0.15, -0.1) is 0 Å². The molecule has 1 rings (SSSR count). The average molecular weight is 370 g/mol. The van der Waals surface area contributed by atoms with Gasteiger partial charge in [0.2, 0.25) is 0 Å². The molecule has 0 N–H and O–H groups in total. The Hall–Kier alpha value is 4.52. The molecular formula is C5H4BrK3NO4P. The average Bonchev–Trinajstić information content (AvgIpc) is 2.23. The van der Waals surface area contributed by atoms with Crippen LogP contribution in [0.15, 0.2) is 29.0 Å². The van der Waals surface area contributed by atoms with E-state index in [1.54, 1.807) is 6.20 Å². The number of rotatable bonds is 1. The van der Waals surface area contributed by atoms with Crippen molar-refractivity contribution in [3.8, 4) is 0 Å². The fourth-order valence-electron chi connectivity index (χ4n) is 0.342. The van der Waals surface area contributed by atoms with Gasteiger partial charge >= 0.3 is 123 Å². The zero-order valence-corrected chi connectivity index (χ0v) is 20.6. The predicted octanol–water partition coefficient (Wildman–Crippen LogP) is -3.62. The zero-order chi connectivity index (χ0) is 11.4. The summed E-state index contributed by atoms with van der Waals surface area (Å²) in [7, 11) is -3.15. The number of aromatic nitrogens is 1. The molecule has 1 unspecified atom stereocenters. The summed E-state index contributed by atoms with van der Waals surface area (Å²) < 4.78 is 12.2. The molecular weight excluding hydrogens is 366 g/mol. The van der Waals surface area contributed by atoms with Gasteiger partial charge in [-0.3, -0.25) is 0 Å². The van der Waals surface area contributed by atoms with Crippen LogP contribution < -0.4 is 61.5 Å². The Morgan fingerprint density at radius 3 is 2.07 bits per heavy atom. The van der Waals surface area contributed by atoms with E-state index >= 15 is 0 Å². The Morgan fingerprint density at radius 2 is 1.93 bits per heavy atom. The van der Waals surface area contributed by atoms with Gasteiger partial charge in [0, 0.05) is 6.20 Å². The third-order valence-corrected chi connectivity index (χ3v) is 1.28. The van der Waals surface area contributed by atoms with Crippen molar-refractivity contribution in [1.82, 2.24) is 4.98 Å². The van der Waals surface area contributed by atoms with Gasteiger partial charge in [-0.25, -0.2) is 9.66 Å². The van der Waals surface area contributed by atoms with E-state index in [-0.39, 0.29) is 51.4 Å². The molecule has 1 aromatic rings. The second kappa shape index (κ2) is 20.8. The van der Waals surface area contributed by atoms with E-state index in [4.69, 9.17) is 14.7 Å². The molecule has 0 bridgehead atoms. The summed E-state index contributed by atoms with van der Waals surface area (Å²) in [4.78, 5) is 12.8. The van der Waals surface area contributed by atoms with Gasteiger partial charge in [-0.05, 0) is 32.6 Å². The van der Waals surface area contributed by atoms with Crippen LogP contribution in [0, 0.1) is 0 Å². The van der Waals surface area contributed by atoms with Gasteiger partial charge in [-0.1, -0.05) is 6.07 Å². The van der Waals surface area contributed by atoms with Crippen molar-refractivity contribution in [2.24, 2.45) is 0 Å². The summed E-state index contributed by atoms with van der Waals surface area (Å²) in [5.74, 6) is 0. The zero-order valence-electron chi connectivity index (χ0n) is 8.71. The summed E-state index contributed by atoms with van der Waals surface area (Å²) in [6.07, 6.45) is 1.74. The van der Waals surface area contributed by atoms with E-state index in [9.17, 15) is 0 Å². The normalized spacial score (nSPS) is 8.33. The molecule has 0 aliphatic heterocycles. The van der Waals surface area contributed by atoms with Gasteiger partial charge in [0.05, 0.1) is 0 Å². The van der Waals surface area contributed by atoms with Crippen LogP contribution in [-0.2, 0) is 9.24 Å². The molecule has 0 saturated heterocycles. The van der Waals surface area contributed by atoms with E-state index in [1.165, 1.54) is 63.2 Å². The van der Waals surface area contributed by atoms with Crippen molar-refractivity contribution in [3.05, 3.63) is 29.0 Å². The van der Waals surface area contributed by atoms with Crippen LogP contribution in [0.1, 0.15) is 0 Å². The van der Waals surface area contributed by atoms with Crippen LogP contribution in [0.4, 0.5) is 0 Å². The molecule has 0 radical (unpaired) electrons. The molecule has 0 aliphatic rings. The molecule has 0 aromatic carbocycles. The van der Waals surface area contributed by atoms with Crippen LogP contribution in [0.25, 0.3) is 0 Å². The summed E-state index contributed by atoms with van der Waals surface area (Å²) >= 11 is 5.70. The van der Waals surface area contributed by atoms with Gasteiger partial charge in [0.15, 0.2) is 0 Å². The molecule has 0 fully saturated rings. The van der Waals surface area contributed by atoms with Gasteiger partial charge < -0.3 is 10.2 Å². The fraction of sp³-hybridized carbons (Fsp3) is 0. The summed E-state index contributed by atoms with van der Waals surface area (Å²) in [5.41, 5.74) is 0. The number of pyridine rings is 1. The Balaban J connectivity index is -0.000000162. The van der Waals surface area contributed by atoms with E-state index in [1.807, 2.05) is 18.2 Å². The summed E-state index contributed by atoms with van der Waals surface area (Å²) in [5, 5.41) is 8.53. The number of hydrogen-bond donors (Lipinski definition) is 0. The Labute approximate surface area is 185 Å². The first-order chi connectivity index (χ1) is 6.66. The molecule has 15 heavy (non-hydrogen) atoms. The number of hydrogen-bond acceptors (Lipinski definition) is 5. The number of halogens is 1. The molecule has 0 aliphatic carbocycles. The second-order valence-corrected chi connectivity index (χ2v) is 2.86. The van der Waals surface area contributed by atoms with E-state index in [0.717, 1.165) is 4.60 Å². The summed E-state index contributed by atoms with van der Waals surface area (Å²) in [6.45, 7) is 0. The maximum atomic E-state index is 8.87.